The molecule has 5 rings (SSSR count). The predicted octanol–water partition coefficient (Wildman–Crippen LogP) is 5.49. The van der Waals surface area contributed by atoms with E-state index in [1.807, 2.05) is 12.1 Å². The van der Waals surface area contributed by atoms with Crippen LogP contribution in [0.5, 0.6) is 5.75 Å². The lowest BCUT2D eigenvalue weighted by atomic mass is 10.0. The van der Waals surface area contributed by atoms with Gasteiger partial charge in [-0.15, -0.1) is 13.2 Å². The largest absolute Gasteiger partial charge is 0.573 e. The second-order valence-electron chi connectivity index (χ2n) is 8.95. The van der Waals surface area contributed by atoms with E-state index in [9.17, 15) is 22.8 Å². The van der Waals surface area contributed by atoms with E-state index in [1.54, 1.807) is 30.8 Å². The lowest BCUT2D eigenvalue weighted by molar-refractivity contribution is -0.274. The monoisotopic (exact) mass is 546 g/mol. The van der Waals surface area contributed by atoms with Crippen LogP contribution in [0.1, 0.15) is 39.3 Å². The van der Waals surface area contributed by atoms with Crippen LogP contribution in [0, 0.1) is 6.92 Å². The maximum absolute atomic E-state index is 13.3. The molecule has 2 aromatic carbocycles. The van der Waals surface area contributed by atoms with E-state index in [4.69, 9.17) is 16.1 Å². The number of anilines is 1. The highest BCUT2D eigenvalue weighted by Crippen LogP contribution is 2.37. The molecule has 2 aromatic heterocycles. The van der Waals surface area contributed by atoms with Crippen LogP contribution in [0.25, 0.3) is 11.3 Å². The summed E-state index contributed by atoms with van der Waals surface area (Å²) in [7, 11) is 1.71. The van der Waals surface area contributed by atoms with Crippen LogP contribution >= 0.6 is 11.6 Å². The fraction of sp³-hybridized carbons (Fsp3) is 0.269. The van der Waals surface area contributed by atoms with Gasteiger partial charge in [0.25, 0.3) is 11.5 Å². The Balaban J connectivity index is 1.43. The zero-order chi connectivity index (χ0) is 27.2. The average molecular weight is 547 g/mol. The third kappa shape index (κ3) is 4.81. The van der Waals surface area contributed by atoms with Gasteiger partial charge in [-0.25, -0.2) is 4.68 Å². The number of benzene rings is 2. The van der Waals surface area contributed by atoms with Crippen LogP contribution < -0.4 is 15.6 Å². The summed E-state index contributed by atoms with van der Waals surface area (Å²) < 4.78 is 50.6. The van der Waals surface area contributed by atoms with Gasteiger partial charge in [-0.05, 0) is 61.6 Å². The second-order valence-corrected chi connectivity index (χ2v) is 9.36. The van der Waals surface area contributed by atoms with Crippen molar-refractivity contribution in [2.24, 2.45) is 7.05 Å². The fourth-order valence-electron chi connectivity index (χ4n) is 4.63. The van der Waals surface area contributed by atoms with E-state index in [2.05, 4.69) is 15.2 Å². The van der Waals surface area contributed by atoms with Gasteiger partial charge in [0.2, 0.25) is 0 Å². The summed E-state index contributed by atoms with van der Waals surface area (Å²) in [5.41, 5.74) is 2.65. The second kappa shape index (κ2) is 9.71. The molecule has 1 aliphatic rings. The number of hydrogen-bond acceptors (Lipinski definition) is 5. The van der Waals surface area contributed by atoms with E-state index in [1.165, 1.54) is 22.9 Å². The smallest absolute Gasteiger partial charge is 0.406 e. The van der Waals surface area contributed by atoms with Crippen molar-refractivity contribution >= 4 is 23.2 Å². The van der Waals surface area contributed by atoms with Gasteiger partial charge in [-0.2, -0.15) is 0 Å². The third-order valence-electron chi connectivity index (χ3n) is 6.61. The van der Waals surface area contributed by atoms with Crippen molar-refractivity contribution in [2.75, 3.05) is 5.32 Å². The Bertz CT molecular complexity index is 1600. The maximum atomic E-state index is 13.3. The van der Waals surface area contributed by atoms with Gasteiger partial charge in [-0.3, -0.25) is 14.3 Å². The molecule has 198 valence electrons. The molecule has 12 heteroatoms. The Kier molecular flexibility index (Phi) is 6.56. The summed E-state index contributed by atoms with van der Waals surface area (Å²) in [6.45, 7) is 1.92. The minimum Gasteiger partial charge on any atom is -0.406 e. The first kappa shape index (κ1) is 25.7. The summed E-state index contributed by atoms with van der Waals surface area (Å²) in [5.74, 6) is -0.641. The van der Waals surface area contributed by atoms with Gasteiger partial charge in [0.05, 0.1) is 12.2 Å². The SMILES string of the molecule is Cc1c(NC(=O)c2noc3c2CCCc2cc(OC(F)(F)F)ccc2-3)c(=O)n(Cc2ccccc2Cl)n1C. The lowest BCUT2D eigenvalue weighted by Gasteiger charge is -2.11. The van der Waals surface area contributed by atoms with Gasteiger partial charge in [0, 0.05) is 23.2 Å². The Morgan fingerprint density at radius 2 is 1.97 bits per heavy atom. The first-order valence-electron chi connectivity index (χ1n) is 11.7. The van der Waals surface area contributed by atoms with E-state index >= 15 is 0 Å². The summed E-state index contributed by atoms with van der Waals surface area (Å²) in [6.07, 6.45) is -3.38. The number of carbonyl (C=O) groups excluding carboxylic acids is 1. The number of rotatable bonds is 5. The minimum absolute atomic E-state index is 0.0174. The maximum Gasteiger partial charge on any atom is 0.573 e. The zero-order valence-corrected chi connectivity index (χ0v) is 21.1. The van der Waals surface area contributed by atoms with Crippen LogP contribution in [-0.4, -0.2) is 26.8 Å². The third-order valence-corrected chi connectivity index (χ3v) is 6.97. The number of carbonyl (C=O) groups is 1. The molecule has 0 spiro atoms. The van der Waals surface area contributed by atoms with E-state index < -0.39 is 17.8 Å². The molecule has 8 nitrogen and oxygen atoms in total. The lowest BCUT2D eigenvalue weighted by Crippen LogP contribution is -2.25. The number of ether oxygens (including phenoxy) is 1. The molecule has 0 bridgehead atoms. The van der Waals surface area contributed by atoms with Crippen molar-refractivity contribution in [3.8, 4) is 17.1 Å². The Morgan fingerprint density at radius 3 is 2.71 bits per heavy atom. The molecule has 0 aliphatic heterocycles. The topological polar surface area (TPSA) is 91.3 Å². The minimum atomic E-state index is -4.80. The molecule has 38 heavy (non-hydrogen) atoms. The van der Waals surface area contributed by atoms with E-state index in [0.717, 1.165) is 5.56 Å². The Labute approximate surface area is 219 Å². The summed E-state index contributed by atoms with van der Waals surface area (Å²) in [5, 5.41) is 7.15. The molecular weight excluding hydrogens is 525 g/mol. The number of hydrogen-bond donors (Lipinski definition) is 1. The molecule has 0 unspecified atom stereocenters. The quantitative estimate of drug-likeness (QED) is 0.357. The highest BCUT2D eigenvalue weighted by atomic mass is 35.5. The van der Waals surface area contributed by atoms with Crippen LogP contribution in [0.15, 0.2) is 51.8 Å². The van der Waals surface area contributed by atoms with Crippen molar-refractivity contribution < 1.29 is 27.2 Å². The Morgan fingerprint density at radius 1 is 1.21 bits per heavy atom. The van der Waals surface area contributed by atoms with Crippen molar-refractivity contribution in [3.05, 3.63) is 85.9 Å². The number of amides is 1. The van der Waals surface area contributed by atoms with Gasteiger partial charge >= 0.3 is 6.36 Å². The zero-order valence-electron chi connectivity index (χ0n) is 20.4. The summed E-state index contributed by atoms with van der Waals surface area (Å²) in [6, 6.07) is 11.1. The van der Waals surface area contributed by atoms with Crippen LogP contribution in [0.2, 0.25) is 5.02 Å². The molecule has 0 saturated carbocycles. The number of aromatic nitrogens is 3. The van der Waals surface area contributed by atoms with E-state index in [-0.39, 0.29) is 23.7 Å². The first-order chi connectivity index (χ1) is 18.0. The molecular formula is C26H22ClF3N4O4. The predicted molar refractivity (Wildman–Crippen MR) is 134 cm³/mol. The van der Waals surface area contributed by atoms with Crippen molar-refractivity contribution in [1.82, 2.24) is 14.5 Å². The highest BCUT2D eigenvalue weighted by molar-refractivity contribution is 6.31. The molecule has 0 saturated heterocycles. The molecule has 0 radical (unpaired) electrons. The summed E-state index contributed by atoms with van der Waals surface area (Å²) in [4.78, 5) is 26.5. The molecule has 0 atom stereocenters. The van der Waals surface area contributed by atoms with Crippen molar-refractivity contribution in [1.29, 1.82) is 0 Å². The Hall–Kier alpha value is -3.99. The molecule has 2 heterocycles. The standard InChI is InChI=1S/C26H22ClF3N4O4/c1-14-21(25(36)34(33(14)2)13-16-6-3-4-9-20(16)27)31-24(35)22-19-8-5-7-15-12-17(37-26(28,29)30)10-11-18(15)23(19)38-32-22/h3-4,6,9-12H,5,7-8,13H2,1-2H3,(H,31,35). The molecule has 1 aliphatic carbocycles. The van der Waals surface area contributed by atoms with Gasteiger partial charge < -0.3 is 14.6 Å². The normalized spacial score (nSPS) is 13.0. The van der Waals surface area contributed by atoms with Gasteiger partial charge in [0.15, 0.2) is 11.5 Å². The number of aryl methyl sites for hydroxylation is 1. The van der Waals surface area contributed by atoms with Gasteiger partial charge in [-0.1, -0.05) is 35.0 Å². The average Bonchev–Trinajstić information content (AvgIpc) is 3.28. The van der Waals surface area contributed by atoms with Crippen LogP contribution in [0.3, 0.4) is 0 Å². The van der Waals surface area contributed by atoms with Crippen LogP contribution in [-0.2, 0) is 26.4 Å². The number of alkyl halides is 3. The number of nitrogens with one attached hydrogen (secondary N) is 1. The van der Waals surface area contributed by atoms with Crippen LogP contribution in [0.4, 0.5) is 18.9 Å². The summed E-state index contributed by atoms with van der Waals surface area (Å²) >= 11 is 6.26. The number of fused-ring (bicyclic) bond motifs is 3. The molecule has 1 amide bonds. The van der Waals surface area contributed by atoms with Gasteiger partial charge in [0.1, 0.15) is 11.4 Å². The first-order valence-corrected chi connectivity index (χ1v) is 12.1. The van der Waals surface area contributed by atoms with Crippen molar-refractivity contribution in [2.45, 2.75) is 39.1 Å². The molecule has 0 fully saturated rings. The fourth-order valence-corrected chi connectivity index (χ4v) is 4.82. The highest BCUT2D eigenvalue weighted by Gasteiger charge is 2.32. The van der Waals surface area contributed by atoms with Crippen molar-refractivity contribution in [3.63, 3.8) is 0 Å². The molecule has 1 N–H and O–H groups in total. The van der Waals surface area contributed by atoms with E-state index in [0.29, 0.717) is 52.4 Å². The number of halogens is 4. The molecule has 4 aromatic rings. The number of nitrogens with zero attached hydrogens (tertiary/aromatic N) is 3.